The summed E-state index contributed by atoms with van der Waals surface area (Å²) in [6.07, 6.45) is 1.16. The molecule has 3 nitrogen and oxygen atoms in total. The maximum Gasteiger partial charge on any atom is 0.224 e. The van der Waals surface area contributed by atoms with Crippen LogP contribution in [-0.4, -0.2) is 25.5 Å². The fraction of sp³-hybridized carbons (Fsp3) is 0.857. The van der Waals surface area contributed by atoms with Crippen LogP contribution in [0.2, 0.25) is 0 Å². The second kappa shape index (κ2) is 3.41. The highest BCUT2D eigenvalue weighted by atomic mass is 35.5. The van der Waals surface area contributed by atoms with Crippen LogP contribution >= 0.6 is 12.4 Å². The lowest BCUT2D eigenvalue weighted by Crippen LogP contribution is -2.41. The summed E-state index contributed by atoms with van der Waals surface area (Å²) in [6, 6.07) is 0. The van der Waals surface area contributed by atoms with Gasteiger partial charge >= 0.3 is 0 Å². The van der Waals surface area contributed by atoms with Gasteiger partial charge in [-0.1, -0.05) is 0 Å². The van der Waals surface area contributed by atoms with Crippen LogP contribution < -0.4 is 10.6 Å². The Kier molecular flexibility index (Phi) is 2.73. The van der Waals surface area contributed by atoms with Crippen molar-refractivity contribution in [2.24, 2.45) is 11.8 Å². The van der Waals surface area contributed by atoms with E-state index in [2.05, 4.69) is 10.6 Å². The predicted molar refractivity (Wildman–Crippen MR) is 44.7 cm³/mol. The summed E-state index contributed by atoms with van der Waals surface area (Å²) in [7, 11) is 0. The van der Waals surface area contributed by atoms with E-state index in [0.29, 0.717) is 5.92 Å². The Morgan fingerprint density at radius 3 is 2.91 bits per heavy atom. The van der Waals surface area contributed by atoms with Crippen molar-refractivity contribution in [2.45, 2.75) is 6.42 Å². The highest BCUT2D eigenvalue weighted by Crippen LogP contribution is 2.22. The largest absolute Gasteiger partial charge is 0.356 e. The number of rotatable bonds is 0. The minimum Gasteiger partial charge on any atom is -0.356 e. The first-order valence-electron chi connectivity index (χ1n) is 3.86. The topological polar surface area (TPSA) is 41.1 Å². The number of piperidine rings is 1. The van der Waals surface area contributed by atoms with Gasteiger partial charge in [0, 0.05) is 13.1 Å². The zero-order valence-electron chi connectivity index (χ0n) is 6.30. The lowest BCUT2D eigenvalue weighted by atomic mass is 9.89. The number of carbonyl (C=O) groups excluding carboxylic acids is 1. The van der Waals surface area contributed by atoms with E-state index in [1.54, 1.807) is 0 Å². The van der Waals surface area contributed by atoms with Gasteiger partial charge in [0.25, 0.3) is 0 Å². The van der Waals surface area contributed by atoms with Crippen molar-refractivity contribution in [1.29, 1.82) is 0 Å². The van der Waals surface area contributed by atoms with Gasteiger partial charge < -0.3 is 10.6 Å². The number of halogens is 1. The molecule has 0 saturated carbocycles. The number of fused-ring (bicyclic) bond motifs is 1. The van der Waals surface area contributed by atoms with E-state index >= 15 is 0 Å². The molecule has 2 N–H and O–H groups in total. The van der Waals surface area contributed by atoms with Crippen molar-refractivity contribution in [3.05, 3.63) is 0 Å². The first kappa shape index (κ1) is 8.81. The summed E-state index contributed by atoms with van der Waals surface area (Å²) in [5.74, 6) is 1.14. The Hall–Kier alpha value is -0.280. The third-order valence-corrected chi connectivity index (χ3v) is 2.49. The molecule has 0 aromatic carbocycles. The van der Waals surface area contributed by atoms with Crippen LogP contribution in [-0.2, 0) is 4.79 Å². The van der Waals surface area contributed by atoms with Crippen LogP contribution in [0.25, 0.3) is 0 Å². The summed E-state index contributed by atoms with van der Waals surface area (Å²) in [5, 5.41) is 6.11. The van der Waals surface area contributed by atoms with E-state index in [4.69, 9.17) is 0 Å². The molecule has 2 saturated heterocycles. The molecule has 0 aliphatic carbocycles. The zero-order valence-corrected chi connectivity index (χ0v) is 7.12. The lowest BCUT2D eigenvalue weighted by molar-refractivity contribution is -0.127. The Morgan fingerprint density at radius 2 is 2.18 bits per heavy atom. The minimum absolute atomic E-state index is 0. The van der Waals surface area contributed by atoms with E-state index in [9.17, 15) is 4.79 Å². The smallest absolute Gasteiger partial charge is 0.224 e. The number of amides is 1. The zero-order chi connectivity index (χ0) is 6.97. The molecule has 0 bridgehead atoms. The molecule has 64 valence electrons. The van der Waals surface area contributed by atoms with E-state index in [1.165, 1.54) is 0 Å². The molecule has 0 radical (unpaired) electrons. The molecule has 2 aliphatic rings. The van der Waals surface area contributed by atoms with Gasteiger partial charge in [0.05, 0.1) is 5.92 Å². The maximum atomic E-state index is 11.1. The SMILES string of the molecule is Cl.O=C1NCCC2CNCC12. The Balaban J connectivity index is 0.000000605. The molecule has 1 amide bonds. The van der Waals surface area contributed by atoms with Crippen LogP contribution in [0.15, 0.2) is 0 Å². The average molecular weight is 177 g/mol. The number of carbonyl (C=O) groups is 1. The summed E-state index contributed by atoms with van der Waals surface area (Å²) in [5.41, 5.74) is 0. The molecule has 2 unspecified atom stereocenters. The summed E-state index contributed by atoms with van der Waals surface area (Å²) >= 11 is 0. The third kappa shape index (κ3) is 1.49. The molecule has 2 fully saturated rings. The van der Waals surface area contributed by atoms with Crippen LogP contribution in [0, 0.1) is 11.8 Å². The molecule has 2 heterocycles. The number of hydrogen-bond acceptors (Lipinski definition) is 2. The van der Waals surface area contributed by atoms with E-state index < -0.39 is 0 Å². The van der Waals surface area contributed by atoms with E-state index in [0.717, 1.165) is 26.1 Å². The van der Waals surface area contributed by atoms with Crippen LogP contribution in [0.1, 0.15) is 6.42 Å². The predicted octanol–water partition coefficient (Wildman–Crippen LogP) is -0.236. The average Bonchev–Trinajstić information content (AvgIpc) is 2.36. The minimum atomic E-state index is 0. The Labute approximate surface area is 72.3 Å². The number of nitrogens with one attached hydrogen (secondary N) is 2. The van der Waals surface area contributed by atoms with Crippen LogP contribution in [0.5, 0.6) is 0 Å². The summed E-state index contributed by atoms with van der Waals surface area (Å²) in [4.78, 5) is 11.1. The standard InChI is InChI=1S/C7H12N2O.ClH/c10-7-6-4-8-3-5(6)1-2-9-7;/h5-6,8H,1-4H2,(H,9,10);1H. The van der Waals surface area contributed by atoms with Crippen molar-refractivity contribution in [3.8, 4) is 0 Å². The van der Waals surface area contributed by atoms with Crippen LogP contribution in [0.4, 0.5) is 0 Å². The van der Waals surface area contributed by atoms with Gasteiger partial charge in [-0.05, 0) is 18.9 Å². The van der Waals surface area contributed by atoms with Gasteiger partial charge in [0.1, 0.15) is 0 Å². The van der Waals surface area contributed by atoms with Crippen molar-refractivity contribution in [3.63, 3.8) is 0 Å². The molecule has 4 heteroatoms. The fourth-order valence-corrected chi connectivity index (χ4v) is 1.86. The normalized spacial score (nSPS) is 35.5. The lowest BCUT2D eigenvalue weighted by Gasteiger charge is -2.23. The Bertz CT molecular complexity index is 163. The molecule has 0 aromatic rings. The second-order valence-electron chi connectivity index (χ2n) is 3.10. The van der Waals surface area contributed by atoms with Gasteiger partial charge in [0.15, 0.2) is 0 Å². The first-order valence-corrected chi connectivity index (χ1v) is 3.86. The number of hydrogen-bond donors (Lipinski definition) is 2. The van der Waals surface area contributed by atoms with Gasteiger partial charge in [-0.25, -0.2) is 0 Å². The van der Waals surface area contributed by atoms with Crippen molar-refractivity contribution in [2.75, 3.05) is 19.6 Å². The molecule has 2 aliphatic heterocycles. The fourth-order valence-electron chi connectivity index (χ4n) is 1.86. The molecule has 11 heavy (non-hydrogen) atoms. The van der Waals surface area contributed by atoms with Crippen molar-refractivity contribution in [1.82, 2.24) is 10.6 Å². The maximum absolute atomic E-state index is 11.1. The van der Waals surface area contributed by atoms with Gasteiger partial charge in [-0.3, -0.25) is 4.79 Å². The molecular formula is C7H13ClN2O. The van der Waals surface area contributed by atoms with Gasteiger partial charge in [-0.15, -0.1) is 12.4 Å². The molecule has 2 atom stereocenters. The molecule has 2 rings (SSSR count). The highest BCUT2D eigenvalue weighted by Gasteiger charge is 2.35. The van der Waals surface area contributed by atoms with E-state index in [1.807, 2.05) is 0 Å². The quantitative estimate of drug-likeness (QED) is 0.535. The molecular weight excluding hydrogens is 164 g/mol. The molecule has 0 spiro atoms. The monoisotopic (exact) mass is 176 g/mol. The first-order chi connectivity index (χ1) is 4.88. The van der Waals surface area contributed by atoms with Crippen molar-refractivity contribution >= 4 is 18.3 Å². The summed E-state index contributed by atoms with van der Waals surface area (Å²) in [6.45, 7) is 2.80. The van der Waals surface area contributed by atoms with Crippen molar-refractivity contribution < 1.29 is 4.79 Å². The van der Waals surface area contributed by atoms with Gasteiger partial charge in [-0.2, -0.15) is 0 Å². The van der Waals surface area contributed by atoms with Crippen LogP contribution in [0.3, 0.4) is 0 Å². The summed E-state index contributed by atoms with van der Waals surface area (Å²) < 4.78 is 0. The highest BCUT2D eigenvalue weighted by molar-refractivity contribution is 5.85. The van der Waals surface area contributed by atoms with Gasteiger partial charge in [0.2, 0.25) is 5.91 Å². The Morgan fingerprint density at radius 1 is 1.36 bits per heavy atom. The second-order valence-corrected chi connectivity index (χ2v) is 3.10. The third-order valence-electron chi connectivity index (χ3n) is 2.49. The molecule has 0 aromatic heterocycles. The van der Waals surface area contributed by atoms with E-state index in [-0.39, 0.29) is 24.2 Å².